The summed E-state index contributed by atoms with van der Waals surface area (Å²) in [5.74, 6) is 2.29. The molecule has 7 nitrogen and oxygen atoms in total. The minimum absolute atomic E-state index is 0.262. The number of nitrogens with zero attached hydrogens (tertiary/aromatic N) is 1. The van der Waals surface area contributed by atoms with E-state index in [-0.39, 0.29) is 6.79 Å². The van der Waals surface area contributed by atoms with E-state index < -0.39 is 0 Å². The van der Waals surface area contributed by atoms with Crippen LogP contribution in [0.25, 0.3) is 0 Å². The van der Waals surface area contributed by atoms with Gasteiger partial charge in [-0.25, -0.2) is 0 Å². The Kier molecular flexibility index (Phi) is 6.67. The van der Waals surface area contributed by atoms with Gasteiger partial charge in [0.1, 0.15) is 5.75 Å². The number of hydrazone groups is 1. The number of benzene rings is 2. The number of rotatable bonds is 7. The molecule has 0 amide bonds. The first-order valence-electron chi connectivity index (χ1n) is 8.73. The van der Waals surface area contributed by atoms with Crippen LogP contribution in [0.2, 0.25) is 0 Å². The molecular formula is C20H23N3O4S. The van der Waals surface area contributed by atoms with E-state index in [0.717, 1.165) is 39.7 Å². The maximum Gasteiger partial charge on any atom is 0.231 e. The van der Waals surface area contributed by atoms with Gasteiger partial charge in [0, 0.05) is 19.2 Å². The van der Waals surface area contributed by atoms with Gasteiger partial charge in [0.05, 0.1) is 19.4 Å². The molecule has 1 aliphatic rings. The Morgan fingerprint density at radius 1 is 1.14 bits per heavy atom. The Morgan fingerprint density at radius 3 is 2.75 bits per heavy atom. The highest BCUT2D eigenvalue weighted by molar-refractivity contribution is 7.80. The number of methoxy groups -OCH3 is 2. The van der Waals surface area contributed by atoms with Gasteiger partial charge in [0.15, 0.2) is 16.6 Å². The van der Waals surface area contributed by atoms with E-state index in [1.807, 2.05) is 43.3 Å². The predicted octanol–water partition coefficient (Wildman–Crippen LogP) is 2.96. The summed E-state index contributed by atoms with van der Waals surface area (Å²) in [7, 11) is 3.29. The lowest BCUT2D eigenvalue weighted by atomic mass is 10.1. The molecule has 0 saturated carbocycles. The first-order valence-corrected chi connectivity index (χ1v) is 9.14. The Labute approximate surface area is 169 Å². The average molecular weight is 401 g/mol. The molecule has 2 aromatic rings. The minimum Gasteiger partial charge on any atom is -0.496 e. The first-order chi connectivity index (χ1) is 13.6. The fraction of sp³-hybridized carbons (Fsp3) is 0.300. The van der Waals surface area contributed by atoms with Crippen molar-refractivity contribution in [3.05, 3.63) is 53.1 Å². The van der Waals surface area contributed by atoms with E-state index >= 15 is 0 Å². The third kappa shape index (κ3) is 4.90. The lowest BCUT2D eigenvalue weighted by Crippen LogP contribution is -2.32. The van der Waals surface area contributed by atoms with Crippen LogP contribution in [-0.4, -0.2) is 31.8 Å². The molecule has 0 aliphatic carbocycles. The largest absolute Gasteiger partial charge is 0.496 e. The highest BCUT2D eigenvalue weighted by Crippen LogP contribution is 2.32. The Hall–Kier alpha value is -2.84. The Morgan fingerprint density at radius 2 is 1.96 bits per heavy atom. The van der Waals surface area contributed by atoms with Crippen LogP contribution >= 0.6 is 12.2 Å². The third-order valence-electron chi connectivity index (χ3n) is 4.21. The van der Waals surface area contributed by atoms with Crippen molar-refractivity contribution >= 4 is 23.0 Å². The lowest BCUT2D eigenvalue weighted by molar-refractivity contribution is 0.174. The van der Waals surface area contributed by atoms with E-state index in [0.29, 0.717) is 18.3 Å². The molecule has 0 atom stereocenters. The van der Waals surface area contributed by atoms with Gasteiger partial charge in [-0.15, -0.1) is 0 Å². The van der Waals surface area contributed by atoms with Gasteiger partial charge in [-0.1, -0.05) is 6.07 Å². The van der Waals surface area contributed by atoms with Gasteiger partial charge in [-0.3, -0.25) is 5.43 Å². The van der Waals surface area contributed by atoms with Crippen molar-refractivity contribution in [2.24, 2.45) is 5.10 Å². The quantitative estimate of drug-likeness (QED) is 0.420. The summed E-state index contributed by atoms with van der Waals surface area (Å²) in [4.78, 5) is 0. The van der Waals surface area contributed by atoms with Gasteiger partial charge in [-0.05, 0) is 60.6 Å². The van der Waals surface area contributed by atoms with Crippen LogP contribution in [0.4, 0.5) is 0 Å². The van der Waals surface area contributed by atoms with Crippen molar-refractivity contribution in [1.29, 1.82) is 0 Å². The van der Waals surface area contributed by atoms with Crippen LogP contribution in [0.1, 0.15) is 23.6 Å². The SMILES string of the molecule is COCc1cc(/C(C)=N\NC(=S)NCc2ccc3c(c2)OCO3)ccc1OC. The molecule has 3 rings (SSSR count). The van der Waals surface area contributed by atoms with Crippen LogP contribution < -0.4 is 25.0 Å². The third-order valence-corrected chi connectivity index (χ3v) is 4.45. The van der Waals surface area contributed by atoms with Crippen LogP contribution in [-0.2, 0) is 17.9 Å². The number of hydrogen-bond donors (Lipinski definition) is 2. The normalized spacial score (nSPS) is 12.6. The summed E-state index contributed by atoms with van der Waals surface area (Å²) in [6.07, 6.45) is 0. The maximum atomic E-state index is 5.38. The molecule has 0 aromatic heterocycles. The minimum atomic E-state index is 0.262. The van der Waals surface area contributed by atoms with Crippen LogP contribution in [0.5, 0.6) is 17.2 Å². The summed E-state index contributed by atoms with van der Waals surface area (Å²) in [6.45, 7) is 3.19. The highest BCUT2D eigenvalue weighted by Gasteiger charge is 2.13. The molecule has 2 aromatic carbocycles. The molecule has 148 valence electrons. The van der Waals surface area contributed by atoms with E-state index in [1.54, 1.807) is 14.2 Å². The van der Waals surface area contributed by atoms with Crippen molar-refractivity contribution in [2.45, 2.75) is 20.1 Å². The van der Waals surface area contributed by atoms with Crippen molar-refractivity contribution in [1.82, 2.24) is 10.7 Å². The Balaban J connectivity index is 1.56. The number of fused-ring (bicyclic) bond motifs is 1. The fourth-order valence-electron chi connectivity index (χ4n) is 2.74. The molecule has 28 heavy (non-hydrogen) atoms. The summed E-state index contributed by atoms with van der Waals surface area (Å²) in [5, 5.41) is 7.91. The molecule has 0 unspecified atom stereocenters. The second kappa shape index (κ2) is 9.38. The fourth-order valence-corrected chi connectivity index (χ4v) is 2.86. The molecule has 0 saturated heterocycles. The van der Waals surface area contributed by atoms with Crippen molar-refractivity contribution in [3.8, 4) is 17.2 Å². The maximum absolute atomic E-state index is 5.38. The zero-order valence-electron chi connectivity index (χ0n) is 16.1. The smallest absolute Gasteiger partial charge is 0.231 e. The van der Waals surface area contributed by atoms with Crippen LogP contribution in [0.3, 0.4) is 0 Å². The summed E-state index contributed by atoms with van der Waals surface area (Å²) in [5.41, 5.74) is 6.62. The van der Waals surface area contributed by atoms with Gasteiger partial charge >= 0.3 is 0 Å². The molecule has 0 fully saturated rings. The van der Waals surface area contributed by atoms with Crippen LogP contribution in [0, 0.1) is 0 Å². The van der Waals surface area contributed by atoms with Gasteiger partial charge < -0.3 is 24.3 Å². The Bertz CT molecular complexity index is 886. The molecule has 8 heteroatoms. The van der Waals surface area contributed by atoms with Crippen LogP contribution in [0.15, 0.2) is 41.5 Å². The van der Waals surface area contributed by atoms with Gasteiger partial charge in [0.25, 0.3) is 0 Å². The zero-order chi connectivity index (χ0) is 19.9. The molecule has 1 heterocycles. The number of ether oxygens (including phenoxy) is 4. The van der Waals surface area contributed by atoms with Crippen molar-refractivity contribution in [3.63, 3.8) is 0 Å². The molecule has 0 spiro atoms. The van der Waals surface area contributed by atoms with Gasteiger partial charge in [-0.2, -0.15) is 5.10 Å². The van der Waals surface area contributed by atoms with Gasteiger partial charge in [0.2, 0.25) is 6.79 Å². The topological polar surface area (TPSA) is 73.3 Å². The molecule has 2 N–H and O–H groups in total. The summed E-state index contributed by atoms with van der Waals surface area (Å²) >= 11 is 5.30. The predicted molar refractivity (Wildman–Crippen MR) is 111 cm³/mol. The molecular weight excluding hydrogens is 378 g/mol. The molecule has 1 aliphatic heterocycles. The summed E-state index contributed by atoms with van der Waals surface area (Å²) in [6, 6.07) is 11.6. The van der Waals surface area contributed by atoms with E-state index in [9.17, 15) is 0 Å². The number of nitrogens with one attached hydrogen (secondary N) is 2. The van der Waals surface area contributed by atoms with E-state index in [4.69, 9.17) is 31.2 Å². The standard InChI is InChI=1S/C20H23N3O4S/c1-13(15-5-7-17(25-3)16(9-15)11-24-2)22-23-20(28)21-10-14-4-6-18-19(8-14)27-12-26-18/h4-9H,10-12H2,1-3H3,(H2,21,23,28)/b22-13-. The molecule has 0 bridgehead atoms. The first kappa shape index (κ1) is 19.9. The zero-order valence-corrected chi connectivity index (χ0v) is 16.9. The van der Waals surface area contributed by atoms with Crippen molar-refractivity contribution in [2.75, 3.05) is 21.0 Å². The van der Waals surface area contributed by atoms with E-state index in [2.05, 4.69) is 15.8 Å². The van der Waals surface area contributed by atoms with E-state index in [1.165, 1.54) is 0 Å². The second-order valence-electron chi connectivity index (χ2n) is 6.14. The second-order valence-corrected chi connectivity index (χ2v) is 6.55. The number of hydrogen-bond acceptors (Lipinski definition) is 6. The highest BCUT2D eigenvalue weighted by atomic mass is 32.1. The monoisotopic (exact) mass is 401 g/mol. The van der Waals surface area contributed by atoms with Crippen molar-refractivity contribution < 1.29 is 18.9 Å². The molecule has 0 radical (unpaired) electrons. The lowest BCUT2D eigenvalue weighted by Gasteiger charge is -2.11. The summed E-state index contributed by atoms with van der Waals surface area (Å²) < 4.78 is 21.3. The average Bonchev–Trinajstić information content (AvgIpc) is 3.18. The number of thiocarbonyl (C=S) groups is 1.